The fourth-order valence-corrected chi connectivity index (χ4v) is 5.02. The van der Waals surface area contributed by atoms with Crippen LogP contribution in [0.25, 0.3) is 0 Å². The minimum absolute atomic E-state index is 0.150. The van der Waals surface area contributed by atoms with E-state index in [1.165, 1.54) is 4.90 Å². The third-order valence-corrected chi connectivity index (χ3v) is 6.95. The maximum atomic E-state index is 11.0. The van der Waals surface area contributed by atoms with E-state index in [0.29, 0.717) is 35.5 Å². The van der Waals surface area contributed by atoms with Gasteiger partial charge in [0.25, 0.3) is 0 Å². The molecule has 1 saturated heterocycles. The predicted octanol–water partition coefficient (Wildman–Crippen LogP) is 5.36. The Morgan fingerprint density at radius 2 is 2.09 bits per heavy atom. The first-order valence-corrected chi connectivity index (χ1v) is 12.0. The van der Waals surface area contributed by atoms with Gasteiger partial charge in [0, 0.05) is 47.2 Å². The summed E-state index contributed by atoms with van der Waals surface area (Å²) in [5.41, 5.74) is 1.66. The van der Waals surface area contributed by atoms with Crippen LogP contribution in [-0.2, 0) is 28.4 Å². The Bertz CT molecular complexity index is 1100. The molecular weight excluding hydrogens is 485 g/mol. The van der Waals surface area contributed by atoms with Crippen LogP contribution in [0.3, 0.4) is 0 Å². The lowest BCUT2D eigenvalue weighted by molar-refractivity contribution is -0.184. The van der Waals surface area contributed by atoms with Crippen molar-refractivity contribution >= 4 is 41.1 Å². The molecule has 0 spiro atoms. The molecular formula is C23H23Cl2N3O4S. The van der Waals surface area contributed by atoms with Crippen LogP contribution >= 0.6 is 35.0 Å². The summed E-state index contributed by atoms with van der Waals surface area (Å²) in [5.74, 6) is -0.357. The van der Waals surface area contributed by atoms with Gasteiger partial charge in [-0.2, -0.15) is 0 Å². The summed E-state index contributed by atoms with van der Waals surface area (Å²) in [6.07, 6.45) is 4.17. The van der Waals surface area contributed by atoms with Crippen molar-refractivity contribution in [3.63, 3.8) is 0 Å². The average molecular weight is 508 g/mol. The molecule has 0 unspecified atom stereocenters. The summed E-state index contributed by atoms with van der Waals surface area (Å²) in [5, 5.41) is 10.0. The Morgan fingerprint density at radius 1 is 1.30 bits per heavy atom. The quantitative estimate of drug-likeness (QED) is 0.413. The van der Waals surface area contributed by atoms with E-state index in [4.69, 9.17) is 37.8 Å². The van der Waals surface area contributed by atoms with Crippen LogP contribution in [0.4, 0.5) is 4.79 Å². The molecule has 7 nitrogen and oxygen atoms in total. The highest BCUT2D eigenvalue weighted by molar-refractivity contribution is 7.99. The minimum Gasteiger partial charge on any atom is -0.465 e. The van der Waals surface area contributed by atoms with Gasteiger partial charge in [-0.05, 0) is 29.8 Å². The number of aromatic nitrogens is 2. The number of benzene rings is 2. The second kappa shape index (κ2) is 10.4. The molecule has 174 valence electrons. The maximum absolute atomic E-state index is 11.0. The van der Waals surface area contributed by atoms with Crippen molar-refractivity contribution in [2.75, 3.05) is 19.4 Å². The predicted molar refractivity (Wildman–Crippen MR) is 128 cm³/mol. The van der Waals surface area contributed by atoms with Crippen molar-refractivity contribution in [1.29, 1.82) is 0 Å². The van der Waals surface area contributed by atoms with Gasteiger partial charge in [0.1, 0.15) is 0 Å². The second-order valence-corrected chi connectivity index (χ2v) is 9.69. The largest absolute Gasteiger partial charge is 0.465 e. The lowest BCUT2D eigenvalue weighted by Gasteiger charge is -2.30. The molecule has 0 saturated carbocycles. The van der Waals surface area contributed by atoms with Crippen LogP contribution in [-0.4, -0.2) is 51.2 Å². The number of halogens is 2. The zero-order chi connectivity index (χ0) is 23.4. The normalized spacial score (nSPS) is 20.2. The highest BCUT2D eigenvalue weighted by Crippen LogP contribution is 2.41. The molecule has 2 heterocycles. The Balaban J connectivity index is 1.43. The zero-order valence-corrected chi connectivity index (χ0v) is 20.2. The molecule has 1 amide bonds. The van der Waals surface area contributed by atoms with E-state index in [9.17, 15) is 4.79 Å². The molecule has 33 heavy (non-hydrogen) atoms. The van der Waals surface area contributed by atoms with Gasteiger partial charge in [-0.15, -0.1) is 11.8 Å². The molecule has 1 N–H and O–H groups in total. The molecule has 10 heteroatoms. The second-order valence-electron chi connectivity index (χ2n) is 7.76. The Kier molecular flexibility index (Phi) is 7.51. The third-order valence-electron chi connectivity index (χ3n) is 5.26. The molecule has 1 aliphatic rings. The first-order chi connectivity index (χ1) is 15.8. The Hall–Kier alpha value is -2.23. The van der Waals surface area contributed by atoms with Crippen LogP contribution in [0.1, 0.15) is 11.1 Å². The zero-order valence-electron chi connectivity index (χ0n) is 17.9. The molecule has 1 fully saturated rings. The van der Waals surface area contributed by atoms with Gasteiger partial charge in [0.2, 0.25) is 5.79 Å². The monoisotopic (exact) mass is 507 g/mol. The van der Waals surface area contributed by atoms with Gasteiger partial charge in [0.15, 0.2) is 0 Å². The Morgan fingerprint density at radius 3 is 2.76 bits per heavy atom. The number of imidazole rings is 1. The van der Waals surface area contributed by atoms with Crippen molar-refractivity contribution < 1.29 is 19.4 Å². The number of nitrogens with zero attached hydrogens (tertiary/aromatic N) is 3. The SMILES string of the molecule is CN(Cc1ccc(SC[C@@H]2CO[C@@](Cn3ccnc3)(c3ccc(Cl)cc3Cl)O2)cc1)C(=O)O. The summed E-state index contributed by atoms with van der Waals surface area (Å²) in [4.78, 5) is 17.4. The number of amides is 1. The first kappa shape index (κ1) is 23.9. The summed E-state index contributed by atoms with van der Waals surface area (Å²) in [6, 6.07) is 13.1. The summed E-state index contributed by atoms with van der Waals surface area (Å²) in [7, 11) is 1.55. The van der Waals surface area contributed by atoms with E-state index in [0.717, 1.165) is 16.0 Å². The van der Waals surface area contributed by atoms with Crippen LogP contribution < -0.4 is 0 Å². The highest BCUT2D eigenvalue weighted by atomic mass is 35.5. The van der Waals surface area contributed by atoms with Crippen LogP contribution in [0.15, 0.2) is 66.1 Å². The molecule has 0 bridgehead atoms. The molecule has 2 atom stereocenters. The van der Waals surface area contributed by atoms with Crippen LogP contribution in [0, 0.1) is 0 Å². The van der Waals surface area contributed by atoms with Crippen molar-refractivity contribution in [2.45, 2.75) is 29.9 Å². The van der Waals surface area contributed by atoms with Gasteiger partial charge in [0.05, 0.1) is 30.6 Å². The van der Waals surface area contributed by atoms with Crippen LogP contribution in [0.5, 0.6) is 0 Å². The number of hydrogen-bond donors (Lipinski definition) is 1. The van der Waals surface area contributed by atoms with Crippen LogP contribution in [0.2, 0.25) is 10.0 Å². The number of thioether (sulfide) groups is 1. The van der Waals surface area contributed by atoms with Crippen molar-refractivity contribution in [2.24, 2.45) is 0 Å². The molecule has 2 aromatic carbocycles. The van der Waals surface area contributed by atoms with E-state index in [2.05, 4.69) is 4.98 Å². The molecule has 4 rings (SSSR count). The molecule has 1 aromatic heterocycles. The highest BCUT2D eigenvalue weighted by Gasteiger charge is 2.45. The lowest BCUT2D eigenvalue weighted by atomic mass is 10.1. The minimum atomic E-state index is -1.04. The maximum Gasteiger partial charge on any atom is 0.407 e. The van der Waals surface area contributed by atoms with Crippen molar-refractivity contribution in [3.8, 4) is 0 Å². The lowest BCUT2D eigenvalue weighted by Crippen LogP contribution is -2.34. The molecule has 3 aromatic rings. The van der Waals surface area contributed by atoms with Gasteiger partial charge in [-0.25, -0.2) is 9.78 Å². The summed E-state index contributed by atoms with van der Waals surface area (Å²) in [6.45, 7) is 1.17. The van der Waals surface area contributed by atoms with Crippen molar-refractivity contribution in [1.82, 2.24) is 14.5 Å². The number of rotatable bonds is 8. The van der Waals surface area contributed by atoms with E-state index in [-0.39, 0.29) is 6.10 Å². The van der Waals surface area contributed by atoms with Gasteiger partial charge in [-0.1, -0.05) is 41.4 Å². The molecule has 0 radical (unpaired) electrons. The fraction of sp³-hybridized carbons (Fsp3) is 0.304. The molecule has 0 aliphatic carbocycles. The van der Waals surface area contributed by atoms with E-state index >= 15 is 0 Å². The van der Waals surface area contributed by atoms with E-state index in [1.807, 2.05) is 41.1 Å². The first-order valence-electron chi connectivity index (χ1n) is 10.2. The third kappa shape index (κ3) is 5.83. The van der Waals surface area contributed by atoms with E-state index < -0.39 is 11.9 Å². The number of ether oxygens (including phenoxy) is 2. The molecule has 1 aliphatic heterocycles. The average Bonchev–Trinajstić information content (AvgIpc) is 3.44. The van der Waals surface area contributed by atoms with E-state index in [1.54, 1.807) is 43.5 Å². The number of carboxylic acid groups (broad SMARTS) is 1. The van der Waals surface area contributed by atoms with Crippen molar-refractivity contribution in [3.05, 3.63) is 82.4 Å². The fourth-order valence-electron chi connectivity index (χ4n) is 3.60. The van der Waals surface area contributed by atoms with Gasteiger partial charge in [-0.3, -0.25) is 0 Å². The number of hydrogen-bond acceptors (Lipinski definition) is 5. The Labute approximate surface area is 206 Å². The van der Waals surface area contributed by atoms with Gasteiger partial charge < -0.3 is 24.0 Å². The standard InChI is InChI=1S/C23H23Cl2N3O4S/c1-27(22(29)30)11-16-2-5-19(6-3-16)33-13-18-12-31-23(32-18,14-28-9-8-26-15-28)20-7-4-17(24)10-21(20)25/h2-10,15,18H,11-14H2,1H3,(H,29,30)/t18-,23+/m0/s1. The summed E-state index contributed by atoms with van der Waals surface area (Å²) >= 11 is 14.3. The number of carbonyl (C=O) groups is 1. The smallest absolute Gasteiger partial charge is 0.407 e. The van der Waals surface area contributed by atoms with Gasteiger partial charge >= 0.3 is 6.09 Å². The topological polar surface area (TPSA) is 76.8 Å². The summed E-state index contributed by atoms with van der Waals surface area (Å²) < 4.78 is 14.6.